The van der Waals surface area contributed by atoms with Gasteiger partial charge in [-0.25, -0.2) is 0 Å². The summed E-state index contributed by atoms with van der Waals surface area (Å²) in [5.74, 6) is -0.668. The van der Waals surface area contributed by atoms with Gasteiger partial charge in [0.05, 0.1) is 0 Å². The minimum atomic E-state index is -4.71. The highest BCUT2D eigenvalue weighted by molar-refractivity contribution is 5.73. The van der Waals surface area contributed by atoms with Crippen LogP contribution in [0.4, 0.5) is 13.2 Å². The van der Waals surface area contributed by atoms with Crippen LogP contribution in [0, 0.1) is 0 Å². The topological polar surface area (TPSA) is 68.2 Å². The fourth-order valence-corrected chi connectivity index (χ4v) is 1.09. The van der Waals surface area contributed by atoms with E-state index in [9.17, 15) is 18.0 Å². The number of primary amides is 1. The number of amides is 1. The third-order valence-corrected chi connectivity index (χ3v) is 1.74. The van der Waals surface area contributed by atoms with E-state index in [1.807, 2.05) is 0 Å². The molecule has 1 aromatic heterocycles. The van der Waals surface area contributed by atoms with Gasteiger partial charge in [-0.2, -0.15) is 13.2 Å². The van der Waals surface area contributed by atoms with Crippen molar-refractivity contribution in [2.24, 2.45) is 5.73 Å². The van der Waals surface area contributed by atoms with Crippen molar-refractivity contribution in [2.45, 2.75) is 18.8 Å². The number of halogens is 3. The summed E-state index contributed by atoms with van der Waals surface area (Å²) in [6.45, 7) is -0.218. The third-order valence-electron chi connectivity index (χ3n) is 1.74. The minimum Gasteiger partial charge on any atom is -0.379 e. The quantitative estimate of drug-likeness (QED) is 0.785. The molecule has 1 atom stereocenters. The van der Waals surface area contributed by atoms with Crippen molar-refractivity contribution in [3.05, 3.63) is 24.0 Å². The van der Waals surface area contributed by atoms with E-state index >= 15 is 0 Å². The molecule has 84 valence electrons. The number of nitrogens with two attached hydrogens (primary N) is 1. The summed E-state index contributed by atoms with van der Waals surface area (Å²) in [5, 5.41) is 8.85. The fourth-order valence-electron chi connectivity index (χ4n) is 1.09. The Labute approximate surface area is 83.1 Å². The van der Waals surface area contributed by atoms with Crippen LogP contribution >= 0.6 is 0 Å². The van der Waals surface area contributed by atoms with E-state index in [4.69, 9.17) is 10.8 Å². The van der Waals surface area contributed by atoms with Crippen LogP contribution in [0.3, 0.4) is 0 Å². The predicted molar refractivity (Wildman–Crippen MR) is 44.6 cm³/mol. The molecule has 1 heterocycles. The normalized spacial score (nSPS) is 13.9. The number of aliphatic hydroxyl groups is 1. The van der Waals surface area contributed by atoms with E-state index in [1.165, 1.54) is 10.8 Å². The fraction of sp³-hybridized carbons (Fsp3) is 0.375. The molecule has 0 fully saturated rings. The summed E-state index contributed by atoms with van der Waals surface area (Å²) in [4.78, 5) is 10.5. The lowest BCUT2D eigenvalue weighted by atomic mass is 10.2. The van der Waals surface area contributed by atoms with Crippen LogP contribution in [0.2, 0.25) is 0 Å². The molecule has 0 bridgehead atoms. The molecule has 1 rings (SSSR count). The standard InChI is InChI=1S/C8H9F3N2O2/c9-8(10,11)7(15)5-1-2-13(3-5)4-6(12)14/h1-3,7,15H,4H2,(H2,12,14). The molecule has 0 aliphatic heterocycles. The maximum atomic E-state index is 12.1. The Kier molecular flexibility index (Phi) is 3.04. The van der Waals surface area contributed by atoms with E-state index in [-0.39, 0.29) is 12.1 Å². The zero-order valence-electron chi connectivity index (χ0n) is 7.53. The van der Waals surface area contributed by atoms with Gasteiger partial charge in [0.25, 0.3) is 0 Å². The molecule has 1 aromatic rings. The lowest BCUT2D eigenvalue weighted by Gasteiger charge is -2.12. The molecule has 0 aliphatic carbocycles. The first-order chi connectivity index (χ1) is 6.80. The summed E-state index contributed by atoms with van der Waals surface area (Å²) in [6.07, 6.45) is -4.97. The monoisotopic (exact) mass is 222 g/mol. The first-order valence-electron chi connectivity index (χ1n) is 3.99. The SMILES string of the molecule is NC(=O)Cn1ccc(C(O)C(F)(F)F)c1. The van der Waals surface area contributed by atoms with Gasteiger partial charge in [0.15, 0.2) is 6.10 Å². The zero-order valence-corrected chi connectivity index (χ0v) is 7.53. The highest BCUT2D eigenvalue weighted by atomic mass is 19.4. The molecule has 0 saturated heterocycles. The average Bonchev–Trinajstić information content (AvgIpc) is 2.48. The van der Waals surface area contributed by atoms with Crippen molar-refractivity contribution in [1.29, 1.82) is 0 Å². The second-order valence-corrected chi connectivity index (χ2v) is 3.03. The molecule has 4 nitrogen and oxygen atoms in total. The number of aliphatic hydroxyl groups excluding tert-OH is 1. The second kappa shape index (κ2) is 3.93. The van der Waals surface area contributed by atoms with Crippen LogP contribution in [-0.4, -0.2) is 21.8 Å². The number of carbonyl (C=O) groups is 1. The van der Waals surface area contributed by atoms with Gasteiger partial charge < -0.3 is 15.4 Å². The number of rotatable bonds is 3. The largest absolute Gasteiger partial charge is 0.418 e. The highest BCUT2D eigenvalue weighted by Gasteiger charge is 2.39. The van der Waals surface area contributed by atoms with Gasteiger partial charge in [0, 0.05) is 18.0 Å². The third kappa shape index (κ3) is 2.98. The zero-order chi connectivity index (χ0) is 11.6. The maximum Gasteiger partial charge on any atom is 0.418 e. The van der Waals surface area contributed by atoms with Crippen LogP contribution in [0.25, 0.3) is 0 Å². The van der Waals surface area contributed by atoms with E-state index in [1.54, 1.807) is 0 Å². The van der Waals surface area contributed by atoms with Crippen LogP contribution in [-0.2, 0) is 11.3 Å². The molecule has 1 amide bonds. The first kappa shape index (κ1) is 11.6. The van der Waals surface area contributed by atoms with E-state index in [0.29, 0.717) is 0 Å². The van der Waals surface area contributed by atoms with E-state index < -0.39 is 18.2 Å². The number of alkyl halides is 3. The van der Waals surface area contributed by atoms with Crippen molar-refractivity contribution >= 4 is 5.91 Å². The Morgan fingerprint density at radius 2 is 2.20 bits per heavy atom. The Bertz CT molecular complexity index is 359. The Morgan fingerprint density at radius 3 is 2.67 bits per heavy atom. The molecule has 1 unspecified atom stereocenters. The number of aromatic nitrogens is 1. The van der Waals surface area contributed by atoms with Crippen molar-refractivity contribution in [2.75, 3.05) is 0 Å². The number of hydrogen-bond donors (Lipinski definition) is 2. The van der Waals surface area contributed by atoms with Crippen molar-refractivity contribution in [3.63, 3.8) is 0 Å². The van der Waals surface area contributed by atoms with Gasteiger partial charge in [-0.15, -0.1) is 0 Å². The Balaban J connectivity index is 2.80. The van der Waals surface area contributed by atoms with Gasteiger partial charge in [-0.3, -0.25) is 4.79 Å². The molecule has 0 aromatic carbocycles. The summed E-state index contributed by atoms with van der Waals surface area (Å²) in [6, 6.07) is 1.08. The van der Waals surface area contributed by atoms with Gasteiger partial charge in [-0.1, -0.05) is 0 Å². The molecular weight excluding hydrogens is 213 g/mol. The summed E-state index contributed by atoms with van der Waals surface area (Å²) < 4.78 is 37.3. The molecular formula is C8H9F3N2O2. The van der Waals surface area contributed by atoms with Crippen molar-refractivity contribution < 1.29 is 23.1 Å². The number of carbonyl (C=O) groups excluding carboxylic acids is 1. The smallest absolute Gasteiger partial charge is 0.379 e. The van der Waals surface area contributed by atoms with Gasteiger partial charge in [0.2, 0.25) is 5.91 Å². The molecule has 7 heteroatoms. The Morgan fingerprint density at radius 1 is 1.60 bits per heavy atom. The van der Waals surface area contributed by atoms with Gasteiger partial charge in [0.1, 0.15) is 6.54 Å². The number of hydrogen-bond acceptors (Lipinski definition) is 2. The van der Waals surface area contributed by atoms with E-state index in [0.717, 1.165) is 12.3 Å². The first-order valence-corrected chi connectivity index (χ1v) is 3.99. The predicted octanol–water partition coefficient (Wildman–Crippen LogP) is 0.569. The van der Waals surface area contributed by atoms with Crippen molar-refractivity contribution in [1.82, 2.24) is 4.57 Å². The number of nitrogens with zero attached hydrogens (tertiary/aromatic N) is 1. The molecule has 0 spiro atoms. The van der Waals surface area contributed by atoms with Crippen LogP contribution in [0.5, 0.6) is 0 Å². The van der Waals surface area contributed by atoms with Crippen molar-refractivity contribution in [3.8, 4) is 0 Å². The molecule has 0 aliphatic rings. The summed E-state index contributed by atoms with van der Waals surface area (Å²) in [7, 11) is 0. The maximum absolute atomic E-state index is 12.1. The average molecular weight is 222 g/mol. The van der Waals surface area contributed by atoms with Crippen LogP contribution in [0.15, 0.2) is 18.5 Å². The van der Waals surface area contributed by atoms with E-state index in [2.05, 4.69) is 0 Å². The van der Waals surface area contributed by atoms with Gasteiger partial charge in [-0.05, 0) is 6.07 Å². The summed E-state index contributed by atoms with van der Waals surface area (Å²) in [5.41, 5.74) is 4.54. The molecule has 0 saturated carbocycles. The van der Waals surface area contributed by atoms with Crippen LogP contribution in [0.1, 0.15) is 11.7 Å². The van der Waals surface area contributed by atoms with Crippen LogP contribution < -0.4 is 5.73 Å². The molecule has 0 radical (unpaired) electrons. The minimum absolute atomic E-state index is 0.218. The van der Waals surface area contributed by atoms with Gasteiger partial charge >= 0.3 is 6.18 Å². The highest BCUT2D eigenvalue weighted by Crippen LogP contribution is 2.32. The molecule has 3 N–H and O–H groups in total. The lowest BCUT2D eigenvalue weighted by molar-refractivity contribution is -0.206. The summed E-state index contributed by atoms with van der Waals surface area (Å²) >= 11 is 0. The molecule has 15 heavy (non-hydrogen) atoms. The second-order valence-electron chi connectivity index (χ2n) is 3.03. The lowest BCUT2D eigenvalue weighted by Crippen LogP contribution is -2.20. The Hall–Kier alpha value is -1.50.